The van der Waals surface area contributed by atoms with E-state index in [1.165, 1.54) is 64.6 Å². The maximum atomic E-state index is 3.44. The molecule has 0 aromatic carbocycles. The average Bonchev–Trinajstić information content (AvgIpc) is 2.81. The summed E-state index contributed by atoms with van der Waals surface area (Å²) in [7, 11) is 2.33. The normalized spacial score (nSPS) is 23.6. The van der Waals surface area contributed by atoms with Gasteiger partial charge in [-0.2, -0.15) is 0 Å². The summed E-state index contributed by atoms with van der Waals surface area (Å²) in [5, 5.41) is 3.44. The van der Waals surface area contributed by atoms with Crippen LogP contribution in [0.1, 0.15) is 44.9 Å². The number of nitrogens with one attached hydrogen (secondary N) is 1. The van der Waals surface area contributed by atoms with Crippen LogP contribution in [0.15, 0.2) is 0 Å². The molecule has 1 saturated carbocycles. The summed E-state index contributed by atoms with van der Waals surface area (Å²) in [4.78, 5) is 2.62. The minimum atomic E-state index is 0. The standard InChI is InChI=1S/C13H26N2.ClH/c1-15(13-4-2-3-5-13)11-8-12-6-9-14-10-7-12;/h12-14H,2-11H2,1H3;1H. The first kappa shape index (κ1) is 14.3. The zero-order valence-corrected chi connectivity index (χ0v) is 11.4. The Balaban J connectivity index is 0.00000128. The van der Waals surface area contributed by atoms with Gasteiger partial charge in [-0.15, -0.1) is 12.4 Å². The number of hydrogen-bond donors (Lipinski definition) is 1. The van der Waals surface area contributed by atoms with Crippen molar-refractivity contribution in [1.82, 2.24) is 10.2 Å². The quantitative estimate of drug-likeness (QED) is 0.821. The lowest BCUT2D eigenvalue weighted by Crippen LogP contribution is -2.33. The van der Waals surface area contributed by atoms with E-state index in [1.807, 2.05) is 0 Å². The Bertz CT molecular complexity index is 175. The number of nitrogens with zero attached hydrogens (tertiary/aromatic N) is 1. The highest BCUT2D eigenvalue weighted by molar-refractivity contribution is 5.85. The van der Waals surface area contributed by atoms with Gasteiger partial charge < -0.3 is 10.2 Å². The third kappa shape index (κ3) is 4.23. The third-order valence-electron chi connectivity index (χ3n) is 4.30. The molecule has 96 valence electrons. The van der Waals surface area contributed by atoms with Crippen molar-refractivity contribution in [1.29, 1.82) is 0 Å². The zero-order valence-electron chi connectivity index (χ0n) is 10.6. The first-order valence-corrected chi connectivity index (χ1v) is 6.77. The highest BCUT2D eigenvalue weighted by Gasteiger charge is 2.20. The third-order valence-corrected chi connectivity index (χ3v) is 4.30. The Morgan fingerprint density at radius 2 is 1.69 bits per heavy atom. The Morgan fingerprint density at radius 1 is 1.06 bits per heavy atom. The van der Waals surface area contributed by atoms with E-state index in [4.69, 9.17) is 0 Å². The van der Waals surface area contributed by atoms with Crippen LogP contribution in [0.2, 0.25) is 0 Å². The Morgan fingerprint density at radius 3 is 2.31 bits per heavy atom. The van der Waals surface area contributed by atoms with Crippen LogP contribution in [0.25, 0.3) is 0 Å². The molecule has 0 unspecified atom stereocenters. The molecule has 1 saturated heterocycles. The lowest BCUT2D eigenvalue weighted by molar-refractivity contribution is 0.215. The number of rotatable bonds is 4. The predicted molar refractivity (Wildman–Crippen MR) is 72.3 cm³/mol. The SMILES string of the molecule is CN(CCC1CCNCC1)C1CCCC1.Cl. The molecule has 1 heterocycles. The summed E-state index contributed by atoms with van der Waals surface area (Å²) in [5.74, 6) is 0.995. The predicted octanol–water partition coefficient (Wildman–Crippen LogP) is 2.67. The van der Waals surface area contributed by atoms with Crippen molar-refractivity contribution in [2.24, 2.45) is 5.92 Å². The number of hydrogen-bond acceptors (Lipinski definition) is 2. The Labute approximate surface area is 107 Å². The van der Waals surface area contributed by atoms with E-state index in [9.17, 15) is 0 Å². The zero-order chi connectivity index (χ0) is 10.5. The second-order valence-electron chi connectivity index (χ2n) is 5.40. The van der Waals surface area contributed by atoms with Gasteiger partial charge in [0.05, 0.1) is 0 Å². The lowest BCUT2D eigenvalue weighted by atomic mass is 9.94. The smallest absolute Gasteiger partial charge is 0.00922 e. The molecule has 0 aromatic rings. The molecule has 2 nitrogen and oxygen atoms in total. The molecule has 0 spiro atoms. The molecule has 2 aliphatic rings. The Kier molecular flexibility index (Phi) is 6.71. The van der Waals surface area contributed by atoms with E-state index >= 15 is 0 Å². The van der Waals surface area contributed by atoms with Gasteiger partial charge in [0.25, 0.3) is 0 Å². The van der Waals surface area contributed by atoms with Crippen molar-refractivity contribution in [3.8, 4) is 0 Å². The molecule has 0 aromatic heterocycles. The first-order valence-electron chi connectivity index (χ1n) is 6.77. The second kappa shape index (κ2) is 7.52. The van der Waals surface area contributed by atoms with E-state index in [0.29, 0.717) is 0 Å². The molecule has 1 aliphatic heterocycles. The molecule has 0 amide bonds. The molecule has 1 N–H and O–H groups in total. The molecular formula is C13H27ClN2. The Hall–Kier alpha value is 0.210. The van der Waals surface area contributed by atoms with Crippen LogP contribution in [0, 0.1) is 5.92 Å². The van der Waals surface area contributed by atoms with Gasteiger partial charge in [0, 0.05) is 6.04 Å². The second-order valence-corrected chi connectivity index (χ2v) is 5.40. The molecular weight excluding hydrogens is 220 g/mol. The largest absolute Gasteiger partial charge is 0.317 e. The van der Waals surface area contributed by atoms with Crippen molar-refractivity contribution in [2.75, 3.05) is 26.7 Å². The fourth-order valence-electron chi connectivity index (χ4n) is 3.08. The van der Waals surface area contributed by atoms with E-state index in [2.05, 4.69) is 17.3 Å². The number of halogens is 1. The van der Waals surface area contributed by atoms with Gasteiger partial charge in [0.1, 0.15) is 0 Å². The fraction of sp³-hybridized carbons (Fsp3) is 1.00. The highest BCUT2D eigenvalue weighted by atomic mass is 35.5. The maximum Gasteiger partial charge on any atom is 0.00922 e. The lowest BCUT2D eigenvalue weighted by Gasteiger charge is -2.28. The van der Waals surface area contributed by atoms with Gasteiger partial charge in [-0.1, -0.05) is 12.8 Å². The van der Waals surface area contributed by atoms with Crippen LogP contribution in [0.5, 0.6) is 0 Å². The summed E-state index contributed by atoms with van der Waals surface area (Å²) in [5.41, 5.74) is 0. The minimum Gasteiger partial charge on any atom is -0.317 e. The van der Waals surface area contributed by atoms with Gasteiger partial charge in [0.2, 0.25) is 0 Å². The van der Waals surface area contributed by atoms with Gasteiger partial charge in [-0.25, -0.2) is 0 Å². The molecule has 16 heavy (non-hydrogen) atoms. The average molecular weight is 247 g/mol. The first-order chi connectivity index (χ1) is 7.36. The molecule has 1 aliphatic carbocycles. The molecule has 0 atom stereocenters. The minimum absolute atomic E-state index is 0. The van der Waals surface area contributed by atoms with Crippen molar-refractivity contribution in [3.63, 3.8) is 0 Å². The van der Waals surface area contributed by atoms with Crippen molar-refractivity contribution >= 4 is 12.4 Å². The van der Waals surface area contributed by atoms with Gasteiger partial charge in [-0.3, -0.25) is 0 Å². The van der Waals surface area contributed by atoms with Gasteiger partial charge >= 0.3 is 0 Å². The van der Waals surface area contributed by atoms with E-state index in [1.54, 1.807) is 0 Å². The monoisotopic (exact) mass is 246 g/mol. The number of piperidine rings is 1. The van der Waals surface area contributed by atoms with Crippen LogP contribution in [0.4, 0.5) is 0 Å². The topological polar surface area (TPSA) is 15.3 Å². The van der Waals surface area contributed by atoms with Gasteiger partial charge in [-0.05, 0) is 64.7 Å². The molecule has 2 fully saturated rings. The van der Waals surface area contributed by atoms with Crippen molar-refractivity contribution in [3.05, 3.63) is 0 Å². The summed E-state index contributed by atoms with van der Waals surface area (Å²) in [6.07, 6.45) is 10.0. The summed E-state index contributed by atoms with van der Waals surface area (Å²) < 4.78 is 0. The molecule has 0 radical (unpaired) electrons. The van der Waals surface area contributed by atoms with E-state index < -0.39 is 0 Å². The molecule has 0 bridgehead atoms. The van der Waals surface area contributed by atoms with Crippen LogP contribution in [-0.2, 0) is 0 Å². The van der Waals surface area contributed by atoms with Crippen LogP contribution in [-0.4, -0.2) is 37.6 Å². The summed E-state index contributed by atoms with van der Waals surface area (Å²) in [6.45, 7) is 3.82. The maximum absolute atomic E-state index is 3.44. The summed E-state index contributed by atoms with van der Waals surface area (Å²) >= 11 is 0. The van der Waals surface area contributed by atoms with Gasteiger partial charge in [0.15, 0.2) is 0 Å². The summed E-state index contributed by atoms with van der Waals surface area (Å²) in [6, 6.07) is 0.909. The van der Waals surface area contributed by atoms with Crippen molar-refractivity contribution < 1.29 is 0 Å². The van der Waals surface area contributed by atoms with Crippen LogP contribution < -0.4 is 5.32 Å². The van der Waals surface area contributed by atoms with Crippen LogP contribution >= 0.6 is 12.4 Å². The van der Waals surface area contributed by atoms with Crippen molar-refractivity contribution in [2.45, 2.75) is 51.0 Å². The fourth-order valence-corrected chi connectivity index (χ4v) is 3.08. The van der Waals surface area contributed by atoms with Crippen LogP contribution in [0.3, 0.4) is 0 Å². The molecule has 2 rings (SSSR count). The highest BCUT2D eigenvalue weighted by Crippen LogP contribution is 2.24. The molecule has 3 heteroatoms. The van der Waals surface area contributed by atoms with E-state index in [-0.39, 0.29) is 12.4 Å². The van der Waals surface area contributed by atoms with E-state index in [0.717, 1.165) is 12.0 Å².